The summed E-state index contributed by atoms with van der Waals surface area (Å²) in [6, 6.07) is 34.7. The maximum absolute atomic E-state index is 13.4. The fourth-order valence-electron chi connectivity index (χ4n) is 3.68. The molecule has 0 aliphatic carbocycles. The molecule has 1 atom stereocenters. The largest absolute Gasteiger partial charge is 0.360 e. The molecule has 5 nitrogen and oxygen atoms in total. The van der Waals surface area contributed by atoms with Crippen LogP contribution in [0.25, 0.3) is 0 Å². The van der Waals surface area contributed by atoms with Crippen LogP contribution in [0.2, 0.25) is 0 Å². The van der Waals surface area contributed by atoms with Crippen molar-refractivity contribution in [3.63, 3.8) is 0 Å². The van der Waals surface area contributed by atoms with Gasteiger partial charge in [-0.25, -0.2) is 0 Å². The lowest BCUT2D eigenvalue weighted by Gasteiger charge is -2.38. The van der Waals surface area contributed by atoms with Crippen LogP contribution in [0, 0.1) is 0 Å². The van der Waals surface area contributed by atoms with Crippen molar-refractivity contribution in [2.24, 2.45) is 10.2 Å². The van der Waals surface area contributed by atoms with Gasteiger partial charge in [-0.1, -0.05) is 60.7 Å². The van der Waals surface area contributed by atoms with Gasteiger partial charge in [0.05, 0.1) is 16.9 Å². The van der Waals surface area contributed by atoms with Gasteiger partial charge in [-0.15, -0.1) is 0 Å². The summed E-state index contributed by atoms with van der Waals surface area (Å²) in [6.45, 7) is 0. The first-order valence-electron chi connectivity index (χ1n) is 10.1. The second-order valence-electron chi connectivity index (χ2n) is 7.23. The molecule has 1 aliphatic heterocycles. The number of hydrogen-bond donors (Lipinski definition) is 1. The minimum absolute atomic E-state index is 0.0399. The topological polar surface area (TPSA) is 57.1 Å². The van der Waals surface area contributed by atoms with E-state index in [2.05, 4.69) is 15.5 Å². The molecule has 0 spiro atoms. The summed E-state index contributed by atoms with van der Waals surface area (Å²) in [5, 5.41) is 12.1. The summed E-state index contributed by atoms with van der Waals surface area (Å²) in [7, 11) is 0. The lowest BCUT2D eigenvalue weighted by Crippen LogP contribution is -2.43. The van der Waals surface area contributed by atoms with Gasteiger partial charge < -0.3 is 5.32 Å². The summed E-state index contributed by atoms with van der Waals surface area (Å²) in [4.78, 5) is 15.2. The van der Waals surface area contributed by atoms with E-state index in [1.54, 1.807) is 4.90 Å². The Balaban J connectivity index is 1.49. The van der Waals surface area contributed by atoms with Crippen molar-refractivity contribution < 1.29 is 4.79 Å². The third-order valence-electron chi connectivity index (χ3n) is 5.21. The van der Waals surface area contributed by atoms with E-state index in [1.165, 1.54) is 0 Å². The molecule has 0 aromatic heterocycles. The van der Waals surface area contributed by atoms with Crippen LogP contribution in [0.5, 0.6) is 0 Å². The van der Waals surface area contributed by atoms with E-state index in [0.717, 1.165) is 28.3 Å². The molecule has 0 radical (unpaired) electrons. The van der Waals surface area contributed by atoms with Gasteiger partial charge in [0.15, 0.2) is 0 Å². The zero-order valence-corrected chi connectivity index (χ0v) is 16.7. The van der Waals surface area contributed by atoms with Crippen LogP contribution in [0.15, 0.2) is 119 Å². The molecule has 0 saturated heterocycles. The lowest BCUT2D eigenvalue weighted by molar-refractivity contribution is 0.0975. The smallest absolute Gasteiger partial charge is 0.262 e. The Kier molecular flexibility index (Phi) is 4.99. The molecule has 150 valence electrons. The normalized spacial score (nSPS) is 15.5. The summed E-state index contributed by atoms with van der Waals surface area (Å²) in [5.41, 5.74) is 4.82. The van der Waals surface area contributed by atoms with Crippen LogP contribution in [0.1, 0.15) is 22.1 Å². The number of benzene rings is 4. The van der Waals surface area contributed by atoms with Gasteiger partial charge in [0.25, 0.3) is 5.91 Å². The first-order valence-corrected chi connectivity index (χ1v) is 10.1. The van der Waals surface area contributed by atoms with Gasteiger partial charge in [0.1, 0.15) is 6.17 Å². The zero-order valence-electron chi connectivity index (χ0n) is 16.7. The SMILES string of the molecule is O=C1c2ccccc2N[C@@H](c2ccccc2)N1c1ccc(N=Nc2ccccc2)cc1. The Hall–Kier alpha value is -4.25. The molecule has 1 amide bonds. The van der Waals surface area contributed by atoms with Gasteiger partial charge in [-0.05, 0) is 54.1 Å². The Labute approximate surface area is 180 Å². The number of azo groups is 1. The molecule has 0 bridgehead atoms. The number of anilines is 2. The number of carbonyl (C=O) groups is 1. The molecule has 0 unspecified atom stereocenters. The molecule has 1 N–H and O–H groups in total. The lowest BCUT2D eigenvalue weighted by atomic mass is 10.0. The quantitative estimate of drug-likeness (QED) is 0.377. The number of fused-ring (bicyclic) bond motifs is 1. The van der Waals surface area contributed by atoms with Crippen molar-refractivity contribution in [1.29, 1.82) is 0 Å². The molecule has 1 aliphatic rings. The van der Waals surface area contributed by atoms with Crippen molar-refractivity contribution >= 4 is 28.7 Å². The monoisotopic (exact) mass is 404 g/mol. The summed E-state index contributed by atoms with van der Waals surface area (Å²) in [5.74, 6) is -0.0399. The van der Waals surface area contributed by atoms with Crippen molar-refractivity contribution in [2.75, 3.05) is 10.2 Å². The first-order chi connectivity index (χ1) is 15.3. The number of hydrogen-bond acceptors (Lipinski definition) is 4. The summed E-state index contributed by atoms with van der Waals surface area (Å²) < 4.78 is 0. The zero-order chi connectivity index (χ0) is 21.0. The predicted octanol–water partition coefficient (Wildman–Crippen LogP) is 6.87. The molecular formula is C26H20N4O. The van der Waals surface area contributed by atoms with Gasteiger partial charge in [-0.2, -0.15) is 10.2 Å². The fraction of sp³-hybridized carbons (Fsp3) is 0.0385. The molecule has 5 heteroatoms. The number of carbonyl (C=O) groups excluding carboxylic acids is 1. The van der Waals surface area contributed by atoms with Crippen LogP contribution in [0.3, 0.4) is 0 Å². The van der Waals surface area contributed by atoms with E-state index in [4.69, 9.17) is 0 Å². The van der Waals surface area contributed by atoms with E-state index in [1.807, 2.05) is 109 Å². The van der Waals surface area contributed by atoms with E-state index < -0.39 is 0 Å². The van der Waals surface area contributed by atoms with Crippen LogP contribution in [0.4, 0.5) is 22.7 Å². The second-order valence-corrected chi connectivity index (χ2v) is 7.23. The van der Waals surface area contributed by atoms with E-state index in [0.29, 0.717) is 5.56 Å². The highest BCUT2D eigenvalue weighted by Gasteiger charge is 2.33. The van der Waals surface area contributed by atoms with Crippen LogP contribution >= 0.6 is 0 Å². The standard InChI is InChI=1S/C26H20N4O/c31-26-23-13-7-8-14-24(23)27-25(19-9-3-1-4-10-19)30(26)22-17-15-21(16-18-22)29-28-20-11-5-2-6-12-20/h1-18,25,27H/t25-/m1/s1. The number of nitrogens with one attached hydrogen (secondary N) is 1. The molecule has 4 aromatic rings. The summed E-state index contributed by atoms with van der Waals surface area (Å²) in [6.07, 6.45) is -0.305. The number of nitrogens with zero attached hydrogens (tertiary/aromatic N) is 3. The Bertz CT molecular complexity index is 1220. The van der Waals surface area contributed by atoms with Crippen LogP contribution < -0.4 is 10.2 Å². The fourth-order valence-corrected chi connectivity index (χ4v) is 3.68. The Morgan fingerprint density at radius 3 is 1.94 bits per heavy atom. The molecule has 31 heavy (non-hydrogen) atoms. The highest BCUT2D eigenvalue weighted by atomic mass is 16.2. The maximum Gasteiger partial charge on any atom is 0.262 e. The van der Waals surface area contributed by atoms with E-state index in [9.17, 15) is 4.79 Å². The van der Waals surface area contributed by atoms with Crippen molar-refractivity contribution in [3.8, 4) is 0 Å². The average molecular weight is 404 g/mol. The minimum atomic E-state index is -0.305. The number of para-hydroxylation sites is 1. The maximum atomic E-state index is 13.4. The highest BCUT2D eigenvalue weighted by molar-refractivity contribution is 6.12. The molecule has 5 rings (SSSR count). The van der Waals surface area contributed by atoms with Gasteiger partial charge in [0, 0.05) is 11.4 Å². The third kappa shape index (κ3) is 3.81. The van der Waals surface area contributed by atoms with E-state index in [-0.39, 0.29) is 12.1 Å². The molecule has 1 heterocycles. The van der Waals surface area contributed by atoms with Gasteiger partial charge in [-0.3, -0.25) is 9.69 Å². The Morgan fingerprint density at radius 1 is 0.645 bits per heavy atom. The average Bonchev–Trinajstić information content (AvgIpc) is 2.84. The summed E-state index contributed by atoms with van der Waals surface area (Å²) >= 11 is 0. The van der Waals surface area contributed by atoms with Crippen LogP contribution in [-0.2, 0) is 0 Å². The van der Waals surface area contributed by atoms with Crippen LogP contribution in [-0.4, -0.2) is 5.91 Å². The van der Waals surface area contributed by atoms with Crippen molar-refractivity contribution in [3.05, 3.63) is 120 Å². The van der Waals surface area contributed by atoms with Crippen molar-refractivity contribution in [1.82, 2.24) is 0 Å². The molecule has 0 fully saturated rings. The molecule has 0 saturated carbocycles. The van der Waals surface area contributed by atoms with Crippen molar-refractivity contribution in [2.45, 2.75) is 6.17 Å². The highest BCUT2D eigenvalue weighted by Crippen LogP contribution is 2.37. The Morgan fingerprint density at radius 2 is 1.23 bits per heavy atom. The second kappa shape index (κ2) is 8.24. The van der Waals surface area contributed by atoms with E-state index >= 15 is 0 Å². The predicted molar refractivity (Wildman–Crippen MR) is 123 cm³/mol. The van der Waals surface area contributed by atoms with Gasteiger partial charge >= 0.3 is 0 Å². The number of rotatable bonds is 4. The number of amides is 1. The first kappa shape index (κ1) is 18.8. The van der Waals surface area contributed by atoms with Gasteiger partial charge in [0.2, 0.25) is 0 Å². The third-order valence-corrected chi connectivity index (χ3v) is 5.21. The minimum Gasteiger partial charge on any atom is -0.360 e. The molecule has 4 aromatic carbocycles. The molecular weight excluding hydrogens is 384 g/mol.